The highest BCUT2D eigenvalue weighted by Gasteiger charge is 2.10. The van der Waals surface area contributed by atoms with Gasteiger partial charge in [-0.05, 0) is 6.26 Å². The summed E-state index contributed by atoms with van der Waals surface area (Å²) in [4.78, 5) is 32.4. The highest BCUT2D eigenvalue weighted by Crippen LogP contribution is 2.01. The van der Waals surface area contributed by atoms with Crippen molar-refractivity contribution in [1.29, 1.82) is 0 Å². The van der Waals surface area contributed by atoms with Crippen LogP contribution in [-0.4, -0.2) is 21.2 Å². The topological polar surface area (TPSA) is 95.6 Å². The van der Waals surface area contributed by atoms with Crippen molar-refractivity contribution in [3.63, 3.8) is 0 Å². The molecule has 4 N–H and O–H groups in total. The van der Waals surface area contributed by atoms with Crippen LogP contribution in [0.15, 0.2) is 14.7 Å². The number of hydrogen-bond acceptors (Lipinski definition) is 3. The van der Waals surface area contributed by atoms with Crippen LogP contribution in [0.1, 0.15) is 0 Å². The lowest BCUT2D eigenvalue weighted by Gasteiger charge is -1.88. The van der Waals surface area contributed by atoms with E-state index < -0.39 is 5.69 Å². The molecule has 0 aliphatic carbocycles. The molecule has 0 atom stereocenters. The van der Waals surface area contributed by atoms with E-state index in [4.69, 9.17) is 0 Å². The largest absolute Gasteiger partial charge is 0.382 e. The third-order valence-corrected chi connectivity index (χ3v) is 2.24. The summed E-state index contributed by atoms with van der Waals surface area (Å²) in [5.41, 5.74) is -0.0487. The zero-order valence-corrected chi connectivity index (χ0v) is 7.54. The molecular formula is C6H7N4O2S+. The molecule has 0 saturated heterocycles. The first-order valence-electron chi connectivity index (χ1n) is 3.52. The summed E-state index contributed by atoms with van der Waals surface area (Å²) in [7, 11) is 0. The molecule has 2 heterocycles. The molecule has 13 heavy (non-hydrogen) atoms. The van der Waals surface area contributed by atoms with Gasteiger partial charge in [-0.2, -0.15) is 0 Å². The molecule has 0 spiro atoms. The van der Waals surface area contributed by atoms with E-state index in [-0.39, 0.29) is 11.1 Å². The maximum Gasteiger partial charge on any atom is 0.382 e. The third kappa shape index (κ3) is 1.26. The molecule has 0 radical (unpaired) electrons. The average molecular weight is 199 g/mol. The molecule has 0 unspecified atom stereocenters. The molecule has 2 aromatic heterocycles. The Kier molecular flexibility index (Phi) is 1.73. The van der Waals surface area contributed by atoms with Crippen LogP contribution < -0.4 is 16.2 Å². The lowest BCUT2D eigenvalue weighted by Crippen LogP contribution is -2.19. The second-order valence-electron chi connectivity index (χ2n) is 2.44. The van der Waals surface area contributed by atoms with Gasteiger partial charge in [-0.3, -0.25) is 4.98 Å². The fourth-order valence-electron chi connectivity index (χ4n) is 1.06. The first-order chi connectivity index (χ1) is 6.20. The Morgan fingerprint density at radius 1 is 1.23 bits per heavy atom. The summed E-state index contributed by atoms with van der Waals surface area (Å²) in [6.07, 6.45) is 1.82. The van der Waals surface area contributed by atoms with Crippen LogP contribution in [0.2, 0.25) is 0 Å². The quantitative estimate of drug-likeness (QED) is 0.409. The number of fused-ring (bicyclic) bond motifs is 1. The molecular weight excluding hydrogens is 192 g/mol. The van der Waals surface area contributed by atoms with Crippen molar-refractivity contribution < 1.29 is 4.98 Å². The number of rotatable bonds is 1. The maximum atomic E-state index is 11.3. The summed E-state index contributed by atoms with van der Waals surface area (Å²) in [5.74, 6) is 0. The highest BCUT2D eigenvalue weighted by atomic mass is 32.2. The van der Waals surface area contributed by atoms with E-state index in [0.717, 1.165) is 0 Å². The highest BCUT2D eigenvalue weighted by molar-refractivity contribution is 7.98. The van der Waals surface area contributed by atoms with Crippen molar-refractivity contribution in [3.05, 3.63) is 20.8 Å². The van der Waals surface area contributed by atoms with E-state index in [1.807, 2.05) is 6.26 Å². The summed E-state index contributed by atoms with van der Waals surface area (Å²) < 4.78 is 0. The zero-order valence-electron chi connectivity index (χ0n) is 6.72. The van der Waals surface area contributed by atoms with E-state index in [1.165, 1.54) is 11.8 Å². The zero-order chi connectivity index (χ0) is 9.42. The van der Waals surface area contributed by atoms with E-state index in [1.54, 1.807) is 0 Å². The van der Waals surface area contributed by atoms with Gasteiger partial charge >= 0.3 is 11.2 Å². The number of hydrogen-bond donors (Lipinski definition) is 3. The van der Waals surface area contributed by atoms with Crippen LogP contribution in [-0.2, 0) is 0 Å². The third-order valence-electron chi connectivity index (χ3n) is 1.62. The summed E-state index contributed by atoms with van der Waals surface area (Å²) >= 11 is 1.36. The lowest BCUT2D eigenvalue weighted by atomic mass is 10.6. The van der Waals surface area contributed by atoms with Gasteiger partial charge in [0.25, 0.3) is 10.8 Å². The Bertz CT molecular complexity index is 551. The Labute approximate surface area is 75.8 Å². The van der Waals surface area contributed by atoms with Crippen LogP contribution >= 0.6 is 11.8 Å². The van der Waals surface area contributed by atoms with E-state index in [0.29, 0.717) is 10.8 Å². The minimum Gasteiger partial charge on any atom is -0.283 e. The van der Waals surface area contributed by atoms with Gasteiger partial charge in [-0.25, -0.2) is 24.5 Å². The van der Waals surface area contributed by atoms with Crippen LogP contribution in [0.4, 0.5) is 0 Å². The Balaban J connectivity index is 2.91. The van der Waals surface area contributed by atoms with Gasteiger partial charge in [0, 0.05) is 0 Å². The maximum absolute atomic E-state index is 11.3. The van der Waals surface area contributed by atoms with Gasteiger partial charge in [0.15, 0.2) is 5.52 Å². The van der Waals surface area contributed by atoms with Gasteiger partial charge in [-0.1, -0.05) is 11.8 Å². The number of nitrogens with one attached hydrogen (secondary N) is 4. The second kappa shape index (κ2) is 2.77. The number of aromatic amines is 4. The van der Waals surface area contributed by atoms with Gasteiger partial charge in [0.05, 0.1) is 0 Å². The number of H-pyrrole nitrogens is 4. The normalized spacial score (nSPS) is 10.8. The smallest absolute Gasteiger partial charge is 0.283 e. The second-order valence-corrected chi connectivity index (χ2v) is 3.26. The molecule has 68 valence electrons. The van der Waals surface area contributed by atoms with Gasteiger partial charge < -0.3 is 0 Å². The van der Waals surface area contributed by atoms with Crippen LogP contribution in [0, 0.1) is 0 Å². The molecule has 0 saturated carbocycles. The monoisotopic (exact) mass is 199 g/mol. The van der Waals surface area contributed by atoms with Crippen molar-refractivity contribution in [2.45, 2.75) is 5.16 Å². The number of aromatic nitrogens is 4. The molecule has 0 amide bonds. The Morgan fingerprint density at radius 2 is 2.00 bits per heavy atom. The lowest BCUT2D eigenvalue weighted by molar-refractivity contribution is -0.405. The standard InChI is InChI=1S/C6H6N4O2S/c1-13-6-9-3-2(4(11)10-6)7-5(12)8-3/h1H3,(H3,7,8,9,10,11,12)/p+1. The molecule has 0 aliphatic heterocycles. The van der Waals surface area contributed by atoms with Crippen LogP contribution in [0.3, 0.4) is 0 Å². The molecule has 0 aromatic carbocycles. The van der Waals surface area contributed by atoms with Crippen LogP contribution in [0.5, 0.6) is 0 Å². The van der Waals surface area contributed by atoms with Crippen molar-refractivity contribution >= 4 is 22.9 Å². The van der Waals surface area contributed by atoms with Crippen molar-refractivity contribution in [3.8, 4) is 0 Å². The minimum absolute atomic E-state index is 0.239. The SMILES string of the molecule is CSc1[nH]c(=O)c2[nH]c(=O)[nH]c2[nH+]1. The Hall–Kier alpha value is -1.50. The average Bonchev–Trinajstić information content (AvgIpc) is 2.46. The van der Waals surface area contributed by atoms with Gasteiger partial charge in [-0.15, -0.1) is 0 Å². The molecule has 0 aliphatic rings. The van der Waals surface area contributed by atoms with Gasteiger partial charge in [0.1, 0.15) is 0 Å². The van der Waals surface area contributed by atoms with E-state index >= 15 is 0 Å². The van der Waals surface area contributed by atoms with Crippen molar-refractivity contribution in [2.75, 3.05) is 6.26 Å². The minimum atomic E-state index is -0.394. The van der Waals surface area contributed by atoms with E-state index in [9.17, 15) is 9.59 Å². The predicted octanol–water partition coefficient (Wildman–Crippen LogP) is -0.919. The van der Waals surface area contributed by atoms with E-state index in [2.05, 4.69) is 19.9 Å². The summed E-state index contributed by atoms with van der Waals surface area (Å²) in [6.45, 7) is 0. The molecule has 2 aromatic rings. The molecule has 6 nitrogen and oxygen atoms in total. The fraction of sp³-hybridized carbons (Fsp3) is 0.167. The predicted molar refractivity (Wildman–Crippen MR) is 47.9 cm³/mol. The summed E-state index contributed by atoms with van der Waals surface area (Å²) in [6, 6.07) is 0. The van der Waals surface area contributed by atoms with Crippen LogP contribution in [0.25, 0.3) is 11.2 Å². The molecule has 7 heteroatoms. The van der Waals surface area contributed by atoms with Gasteiger partial charge in [0.2, 0.25) is 0 Å². The fourth-order valence-corrected chi connectivity index (χ4v) is 1.46. The first-order valence-corrected chi connectivity index (χ1v) is 4.75. The summed E-state index contributed by atoms with van der Waals surface area (Å²) in [5, 5.41) is 0.604. The van der Waals surface area contributed by atoms with Crippen molar-refractivity contribution in [2.24, 2.45) is 0 Å². The molecule has 0 bridgehead atoms. The molecule has 0 fully saturated rings. The van der Waals surface area contributed by atoms with Crippen molar-refractivity contribution in [1.82, 2.24) is 15.0 Å². The number of imidazole rings is 1. The number of thioether (sulfide) groups is 1. The Morgan fingerprint density at radius 3 is 2.69 bits per heavy atom. The molecule has 2 rings (SSSR count). The first kappa shape index (κ1) is 8.11.